The molecule has 120 valence electrons. The molecule has 0 amide bonds. The van der Waals surface area contributed by atoms with Gasteiger partial charge in [0.2, 0.25) is 0 Å². The molecular weight excluding hydrogens is 300 g/mol. The predicted octanol–water partition coefficient (Wildman–Crippen LogP) is 2.92. The molecule has 22 heavy (non-hydrogen) atoms. The maximum atomic E-state index is 11.1. The Kier molecular flexibility index (Phi) is 7.10. The highest BCUT2D eigenvalue weighted by molar-refractivity contribution is 7.13. The zero-order chi connectivity index (χ0) is 16.7. The number of benzene rings is 1. The molecule has 0 bridgehead atoms. The Balaban J connectivity index is 0.000000745. The largest absolute Gasteiger partial charge is 0.323 e. The smallest absolute Gasteiger partial charge is 0.279 e. The lowest BCUT2D eigenvalue weighted by atomic mass is 10.1. The molecule has 0 fully saturated rings. The molecule has 0 aliphatic rings. The van der Waals surface area contributed by atoms with Crippen LogP contribution in [0.3, 0.4) is 0 Å². The monoisotopic (exact) mass is 322 g/mol. The topological polar surface area (TPSA) is 71.3 Å². The summed E-state index contributed by atoms with van der Waals surface area (Å²) in [6, 6.07) is 5.23. The van der Waals surface area contributed by atoms with E-state index in [1.54, 1.807) is 12.1 Å². The highest BCUT2D eigenvalue weighted by atomic mass is 32.1. The van der Waals surface area contributed by atoms with E-state index in [1.165, 1.54) is 11.3 Å². The summed E-state index contributed by atoms with van der Waals surface area (Å²) in [5, 5.41) is 16.5. The molecule has 0 unspecified atom stereocenters. The average molecular weight is 322 g/mol. The zero-order valence-electron chi connectivity index (χ0n) is 13.6. The molecule has 0 aliphatic carbocycles. The van der Waals surface area contributed by atoms with Crippen LogP contribution in [0.4, 0.5) is 5.69 Å². The van der Waals surface area contributed by atoms with Crippen molar-refractivity contribution >= 4 is 17.0 Å². The Hall–Kier alpha value is -1.83. The fourth-order valence-electron chi connectivity index (χ4n) is 1.80. The lowest BCUT2D eigenvalue weighted by molar-refractivity contribution is -0.384. The Labute approximate surface area is 135 Å². The molecule has 0 radical (unpaired) electrons. The lowest BCUT2D eigenvalue weighted by Crippen LogP contribution is -2.10. The molecule has 0 saturated carbocycles. The molecular formula is C15H22N4O2S. The van der Waals surface area contributed by atoms with Gasteiger partial charge in [-0.15, -0.1) is 11.3 Å². The Morgan fingerprint density at radius 2 is 2.00 bits per heavy atom. The Bertz CT molecular complexity index is 626. The number of nitro benzene ring substituents is 1. The minimum absolute atomic E-state index is 0.116. The van der Waals surface area contributed by atoms with Crippen LogP contribution in [-0.4, -0.2) is 43.0 Å². The third kappa shape index (κ3) is 5.18. The summed E-state index contributed by atoms with van der Waals surface area (Å²) in [6.07, 6.45) is 0. The number of nitrogens with one attached hydrogen (secondary N) is 1. The average Bonchev–Trinajstić information content (AvgIpc) is 2.87. The molecule has 2 aromatic rings. The second-order valence-corrected chi connectivity index (χ2v) is 6.02. The maximum absolute atomic E-state index is 11.1. The van der Waals surface area contributed by atoms with Crippen molar-refractivity contribution in [2.75, 3.05) is 28.2 Å². The van der Waals surface area contributed by atoms with Crippen molar-refractivity contribution in [1.29, 1.82) is 0 Å². The van der Waals surface area contributed by atoms with Crippen molar-refractivity contribution in [1.82, 2.24) is 15.2 Å². The van der Waals surface area contributed by atoms with Crippen molar-refractivity contribution in [3.8, 4) is 10.6 Å². The number of hydrogen-bond donors (Lipinski definition) is 1. The van der Waals surface area contributed by atoms with Crippen LogP contribution in [0.2, 0.25) is 0 Å². The van der Waals surface area contributed by atoms with E-state index in [9.17, 15) is 10.1 Å². The summed E-state index contributed by atoms with van der Waals surface area (Å²) in [6.45, 7) is 2.58. The molecule has 1 aromatic heterocycles. The van der Waals surface area contributed by atoms with Crippen LogP contribution in [-0.2, 0) is 6.54 Å². The first-order valence-electron chi connectivity index (χ1n) is 6.82. The second-order valence-electron chi connectivity index (χ2n) is 5.16. The van der Waals surface area contributed by atoms with E-state index in [4.69, 9.17) is 0 Å². The summed E-state index contributed by atoms with van der Waals surface area (Å²) in [5.74, 6) is 0. The molecule has 0 saturated heterocycles. The molecule has 1 N–H and O–H groups in total. The number of rotatable bonds is 4. The van der Waals surface area contributed by atoms with Crippen molar-refractivity contribution in [2.24, 2.45) is 0 Å². The number of aromatic nitrogens is 1. The number of aryl methyl sites for hydroxylation is 1. The van der Waals surface area contributed by atoms with E-state index in [-0.39, 0.29) is 10.6 Å². The quantitative estimate of drug-likeness (QED) is 0.692. The molecule has 0 aliphatic heterocycles. The van der Waals surface area contributed by atoms with Gasteiger partial charge in [-0.2, -0.15) is 0 Å². The first-order chi connectivity index (χ1) is 10.4. The predicted molar refractivity (Wildman–Crippen MR) is 91.3 cm³/mol. The van der Waals surface area contributed by atoms with Gasteiger partial charge in [0.25, 0.3) is 5.69 Å². The lowest BCUT2D eigenvalue weighted by Gasteiger charge is -2.05. The van der Waals surface area contributed by atoms with Crippen LogP contribution in [0, 0.1) is 17.0 Å². The first kappa shape index (κ1) is 18.2. The SMILES string of the molecule is CNC.Cc1ccc(-c2nc(CN(C)C)cs2)c([N+](=O)[O-])c1. The van der Waals surface area contributed by atoms with Gasteiger partial charge in [0.1, 0.15) is 5.01 Å². The van der Waals surface area contributed by atoms with Crippen LogP contribution >= 0.6 is 11.3 Å². The summed E-state index contributed by atoms with van der Waals surface area (Å²) in [4.78, 5) is 17.2. The fraction of sp³-hybridized carbons (Fsp3) is 0.400. The number of hydrogen-bond acceptors (Lipinski definition) is 6. The summed E-state index contributed by atoms with van der Waals surface area (Å²) >= 11 is 1.44. The number of nitrogens with zero attached hydrogens (tertiary/aromatic N) is 3. The van der Waals surface area contributed by atoms with E-state index in [0.717, 1.165) is 17.8 Å². The normalized spacial score (nSPS) is 10.3. The highest BCUT2D eigenvalue weighted by Crippen LogP contribution is 2.32. The van der Waals surface area contributed by atoms with Crippen LogP contribution < -0.4 is 5.32 Å². The third-order valence-electron chi connectivity index (χ3n) is 2.61. The molecule has 2 rings (SSSR count). The van der Waals surface area contributed by atoms with Gasteiger partial charge in [0.05, 0.1) is 16.2 Å². The van der Waals surface area contributed by atoms with Gasteiger partial charge < -0.3 is 10.2 Å². The minimum atomic E-state index is -0.352. The molecule has 1 aromatic carbocycles. The van der Waals surface area contributed by atoms with Crippen LogP contribution in [0.25, 0.3) is 10.6 Å². The van der Waals surface area contributed by atoms with Crippen LogP contribution in [0.15, 0.2) is 23.6 Å². The van der Waals surface area contributed by atoms with E-state index < -0.39 is 0 Å². The van der Waals surface area contributed by atoms with E-state index in [1.807, 2.05) is 51.5 Å². The number of nitro groups is 1. The fourth-order valence-corrected chi connectivity index (χ4v) is 2.65. The molecule has 7 heteroatoms. The van der Waals surface area contributed by atoms with Crippen molar-refractivity contribution in [3.05, 3.63) is 45.0 Å². The first-order valence-corrected chi connectivity index (χ1v) is 7.70. The molecule has 6 nitrogen and oxygen atoms in total. The van der Waals surface area contributed by atoms with Gasteiger partial charge in [-0.05, 0) is 46.7 Å². The minimum Gasteiger partial charge on any atom is -0.323 e. The van der Waals surface area contributed by atoms with Gasteiger partial charge >= 0.3 is 0 Å². The maximum Gasteiger partial charge on any atom is 0.279 e. The summed E-state index contributed by atoms with van der Waals surface area (Å²) in [5.41, 5.74) is 2.51. The highest BCUT2D eigenvalue weighted by Gasteiger charge is 2.18. The van der Waals surface area contributed by atoms with E-state index in [0.29, 0.717) is 10.6 Å². The van der Waals surface area contributed by atoms with Gasteiger partial charge in [-0.25, -0.2) is 4.98 Å². The Morgan fingerprint density at radius 3 is 2.55 bits per heavy atom. The van der Waals surface area contributed by atoms with Gasteiger partial charge in [0, 0.05) is 18.0 Å². The third-order valence-corrected chi connectivity index (χ3v) is 3.53. The zero-order valence-corrected chi connectivity index (χ0v) is 14.4. The van der Waals surface area contributed by atoms with Crippen molar-refractivity contribution in [2.45, 2.75) is 13.5 Å². The van der Waals surface area contributed by atoms with E-state index in [2.05, 4.69) is 10.3 Å². The van der Waals surface area contributed by atoms with Crippen molar-refractivity contribution < 1.29 is 4.92 Å². The van der Waals surface area contributed by atoms with Gasteiger partial charge in [-0.1, -0.05) is 6.07 Å². The van der Waals surface area contributed by atoms with E-state index >= 15 is 0 Å². The summed E-state index contributed by atoms with van der Waals surface area (Å²) in [7, 11) is 7.68. The molecule has 0 spiro atoms. The Morgan fingerprint density at radius 1 is 1.36 bits per heavy atom. The van der Waals surface area contributed by atoms with Crippen molar-refractivity contribution in [3.63, 3.8) is 0 Å². The summed E-state index contributed by atoms with van der Waals surface area (Å²) < 4.78 is 0. The molecule has 1 heterocycles. The van der Waals surface area contributed by atoms with Crippen LogP contribution in [0.5, 0.6) is 0 Å². The van der Waals surface area contributed by atoms with Gasteiger partial charge in [0.15, 0.2) is 0 Å². The second kappa shape index (κ2) is 8.57. The standard InChI is InChI=1S/C13H15N3O2S.C2H7N/c1-9-4-5-11(12(6-9)16(17)18)13-14-10(8-19-13)7-15(2)3;1-3-2/h4-6,8H,7H2,1-3H3;3H,1-2H3. The number of thiazole rings is 1. The molecule has 0 atom stereocenters. The van der Waals surface area contributed by atoms with Crippen LogP contribution in [0.1, 0.15) is 11.3 Å². The van der Waals surface area contributed by atoms with Gasteiger partial charge in [-0.3, -0.25) is 10.1 Å².